The predicted molar refractivity (Wildman–Crippen MR) is 112 cm³/mol. The summed E-state index contributed by atoms with van der Waals surface area (Å²) < 4.78 is 0. The molecular formula is C23H35N3O2. The molecule has 1 saturated heterocycles. The van der Waals surface area contributed by atoms with Crippen LogP contribution in [0.2, 0.25) is 0 Å². The van der Waals surface area contributed by atoms with Gasteiger partial charge >= 0.3 is 6.03 Å². The van der Waals surface area contributed by atoms with E-state index in [1.165, 1.54) is 19.3 Å². The van der Waals surface area contributed by atoms with Crippen LogP contribution in [0.4, 0.5) is 4.79 Å². The van der Waals surface area contributed by atoms with Gasteiger partial charge in [-0.1, -0.05) is 62.9 Å². The van der Waals surface area contributed by atoms with E-state index in [4.69, 9.17) is 0 Å². The number of carbonyl (C=O) groups is 2. The fourth-order valence-corrected chi connectivity index (χ4v) is 4.62. The van der Waals surface area contributed by atoms with Crippen molar-refractivity contribution in [2.45, 2.75) is 70.9 Å². The zero-order valence-corrected chi connectivity index (χ0v) is 17.2. The largest absolute Gasteiger partial charge is 0.352 e. The zero-order chi connectivity index (χ0) is 19.8. The number of nitrogens with zero attached hydrogens (tertiary/aromatic N) is 1. The van der Waals surface area contributed by atoms with E-state index >= 15 is 0 Å². The van der Waals surface area contributed by atoms with Crippen molar-refractivity contribution in [3.8, 4) is 0 Å². The lowest BCUT2D eigenvalue weighted by Crippen LogP contribution is -2.51. The Labute approximate surface area is 169 Å². The maximum absolute atomic E-state index is 12.7. The average molecular weight is 386 g/mol. The summed E-state index contributed by atoms with van der Waals surface area (Å²) in [6.45, 7) is 4.28. The molecule has 5 heteroatoms. The molecule has 2 atom stereocenters. The van der Waals surface area contributed by atoms with Crippen LogP contribution < -0.4 is 10.6 Å². The number of likely N-dealkylation sites (tertiary alicyclic amines) is 1. The highest BCUT2D eigenvalue weighted by atomic mass is 16.2. The Kier molecular flexibility index (Phi) is 7.75. The SMILES string of the molecule is CC[C@@H]1CN(C(=O)NC2CCCCC2)CC[C@H]1CC(=O)NCc1ccccc1. The van der Waals surface area contributed by atoms with E-state index in [-0.39, 0.29) is 11.9 Å². The molecule has 0 aromatic heterocycles. The molecule has 3 rings (SSSR count). The first-order valence-electron chi connectivity index (χ1n) is 11.0. The number of piperidine rings is 1. The lowest BCUT2D eigenvalue weighted by molar-refractivity contribution is -0.123. The van der Waals surface area contributed by atoms with Crippen molar-refractivity contribution in [1.29, 1.82) is 0 Å². The quantitative estimate of drug-likeness (QED) is 0.775. The van der Waals surface area contributed by atoms with Crippen LogP contribution in [0.1, 0.15) is 63.9 Å². The average Bonchev–Trinajstić information content (AvgIpc) is 2.74. The van der Waals surface area contributed by atoms with E-state index in [2.05, 4.69) is 17.6 Å². The minimum Gasteiger partial charge on any atom is -0.352 e. The van der Waals surface area contributed by atoms with Crippen molar-refractivity contribution in [3.05, 3.63) is 35.9 Å². The molecule has 2 N–H and O–H groups in total. The molecule has 1 aromatic rings. The van der Waals surface area contributed by atoms with Gasteiger partial charge in [0.15, 0.2) is 0 Å². The first kappa shape index (κ1) is 20.7. The van der Waals surface area contributed by atoms with Gasteiger partial charge in [-0.05, 0) is 36.7 Å². The fraction of sp³-hybridized carbons (Fsp3) is 0.652. The Morgan fingerprint density at radius 3 is 2.50 bits per heavy atom. The van der Waals surface area contributed by atoms with Gasteiger partial charge in [-0.25, -0.2) is 4.79 Å². The lowest BCUT2D eigenvalue weighted by Gasteiger charge is -2.39. The van der Waals surface area contributed by atoms with Crippen LogP contribution >= 0.6 is 0 Å². The number of benzene rings is 1. The highest BCUT2D eigenvalue weighted by Crippen LogP contribution is 2.29. The van der Waals surface area contributed by atoms with Crippen molar-refractivity contribution in [1.82, 2.24) is 15.5 Å². The van der Waals surface area contributed by atoms with Crippen LogP contribution in [-0.2, 0) is 11.3 Å². The number of hydrogen-bond donors (Lipinski definition) is 2. The molecule has 1 aliphatic heterocycles. The predicted octanol–water partition coefficient (Wildman–Crippen LogP) is 4.08. The number of hydrogen-bond acceptors (Lipinski definition) is 2. The molecule has 0 radical (unpaired) electrons. The standard InChI is InChI=1S/C23H35N3O2/c1-2-19-17-26(23(28)25-21-11-7-4-8-12-21)14-13-20(19)15-22(27)24-16-18-9-5-3-6-10-18/h3,5-6,9-10,19-21H,2,4,7-8,11-17H2,1H3,(H,24,27)(H,25,28)/t19-,20+/m1/s1. The summed E-state index contributed by atoms with van der Waals surface area (Å²) in [7, 11) is 0. The zero-order valence-electron chi connectivity index (χ0n) is 17.2. The number of amides is 3. The Bertz CT molecular complexity index is 628. The van der Waals surface area contributed by atoms with Gasteiger partial charge < -0.3 is 15.5 Å². The first-order valence-corrected chi connectivity index (χ1v) is 11.0. The molecule has 0 spiro atoms. The molecule has 2 fully saturated rings. The second kappa shape index (κ2) is 10.5. The highest BCUT2D eigenvalue weighted by molar-refractivity contribution is 5.76. The van der Waals surface area contributed by atoms with E-state index in [1.807, 2.05) is 35.2 Å². The summed E-state index contributed by atoms with van der Waals surface area (Å²) in [5.74, 6) is 0.875. The smallest absolute Gasteiger partial charge is 0.317 e. The van der Waals surface area contributed by atoms with Crippen LogP contribution in [0, 0.1) is 11.8 Å². The van der Waals surface area contributed by atoms with Crippen LogP contribution in [0.25, 0.3) is 0 Å². The van der Waals surface area contributed by atoms with Crippen LogP contribution in [0.15, 0.2) is 30.3 Å². The molecule has 0 unspecified atom stereocenters. The summed E-state index contributed by atoms with van der Waals surface area (Å²) in [6, 6.07) is 10.5. The maximum Gasteiger partial charge on any atom is 0.317 e. The third-order valence-electron chi connectivity index (χ3n) is 6.42. The normalized spacial score (nSPS) is 23.2. The molecule has 1 aliphatic carbocycles. The summed E-state index contributed by atoms with van der Waals surface area (Å²) >= 11 is 0. The molecule has 1 aromatic carbocycles. The van der Waals surface area contributed by atoms with Crippen molar-refractivity contribution in [3.63, 3.8) is 0 Å². The van der Waals surface area contributed by atoms with Crippen molar-refractivity contribution >= 4 is 11.9 Å². The topological polar surface area (TPSA) is 61.4 Å². The van der Waals surface area contributed by atoms with Crippen molar-refractivity contribution < 1.29 is 9.59 Å². The van der Waals surface area contributed by atoms with Crippen LogP contribution in [0.5, 0.6) is 0 Å². The molecule has 2 aliphatic rings. The number of rotatable bonds is 6. The van der Waals surface area contributed by atoms with E-state index in [0.717, 1.165) is 44.3 Å². The van der Waals surface area contributed by atoms with Gasteiger partial charge in [0.25, 0.3) is 0 Å². The molecule has 1 heterocycles. The minimum absolute atomic E-state index is 0.0947. The van der Waals surface area contributed by atoms with E-state index in [9.17, 15) is 9.59 Å². The van der Waals surface area contributed by atoms with Gasteiger partial charge in [0.2, 0.25) is 5.91 Å². The van der Waals surface area contributed by atoms with Crippen LogP contribution in [0.3, 0.4) is 0 Å². The Hall–Kier alpha value is -2.04. The molecule has 154 valence electrons. The first-order chi connectivity index (χ1) is 13.7. The van der Waals surface area contributed by atoms with Gasteiger partial charge in [0.05, 0.1) is 0 Å². The van der Waals surface area contributed by atoms with Gasteiger partial charge in [-0.15, -0.1) is 0 Å². The molecule has 3 amide bonds. The lowest BCUT2D eigenvalue weighted by atomic mass is 9.81. The van der Waals surface area contributed by atoms with Crippen molar-refractivity contribution in [2.75, 3.05) is 13.1 Å². The van der Waals surface area contributed by atoms with Crippen LogP contribution in [-0.4, -0.2) is 36.0 Å². The van der Waals surface area contributed by atoms with Gasteiger partial charge in [0, 0.05) is 32.1 Å². The van der Waals surface area contributed by atoms with Gasteiger partial charge in [-0.3, -0.25) is 4.79 Å². The van der Waals surface area contributed by atoms with Gasteiger partial charge in [-0.2, -0.15) is 0 Å². The second-order valence-electron chi connectivity index (χ2n) is 8.41. The van der Waals surface area contributed by atoms with E-state index < -0.39 is 0 Å². The molecule has 5 nitrogen and oxygen atoms in total. The number of nitrogens with one attached hydrogen (secondary N) is 2. The summed E-state index contributed by atoms with van der Waals surface area (Å²) in [4.78, 5) is 27.0. The molecular weight excluding hydrogens is 350 g/mol. The Morgan fingerprint density at radius 2 is 1.79 bits per heavy atom. The molecule has 1 saturated carbocycles. The Morgan fingerprint density at radius 1 is 1.04 bits per heavy atom. The minimum atomic E-state index is 0.0947. The van der Waals surface area contributed by atoms with E-state index in [1.54, 1.807) is 0 Å². The molecule has 28 heavy (non-hydrogen) atoms. The highest BCUT2D eigenvalue weighted by Gasteiger charge is 2.32. The summed E-state index contributed by atoms with van der Waals surface area (Å²) in [6.07, 6.45) is 8.44. The summed E-state index contributed by atoms with van der Waals surface area (Å²) in [5, 5.41) is 6.28. The number of urea groups is 1. The second-order valence-corrected chi connectivity index (χ2v) is 8.41. The monoisotopic (exact) mass is 385 g/mol. The third-order valence-corrected chi connectivity index (χ3v) is 6.42. The maximum atomic E-state index is 12.7. The Balaban J connectivity index is 1.44. The summed E-state index contributed by atoms with van der Waals surface area (Å²) in [5.41, 5.74) is 1.12. The third kappa shape index (κ3) is 5.98. The van der Waals surface area contributed by atoms with E-state index in [0.29, 0.717) is 30.8 Å². The fourth-order valence-electron chi connectivity index (χ4n) is 4.62. The molecule has 0 bridgehead atoms. The van der Waals surface area contributed by atoms with Crippen molar-refractivity contribution in [2.24, 2.45) is 11.8 Å². The van der Waals surface area contributed by atoms with Gasteiger partial charge in [0.1, 0.15) is 0 Å². The number of carbonyl (C=O) groups excluding carboxylic acids is 2.